The smallest absolute Gasteiger partial charge is 0.244 e. The number of nitrogens with one attached hydrogen (secondary N) is 2. The number of hydrogen-bond acceptors (Lipinski definition) is 4. The van der Waals surface area contributed by atoms with Gasteiger partial charge in [-0.15, -0.1) is 0 Å². The van der Waals surface area contributed by atoms with E-state index in [0.29, 0.717) is 24.5 Å². The Balaban J connectivity index is 1.68. The maximum Gasteiger partial charge on any atom is 0.244 e. The highest BCUT2D eigenvalue weighted by atomic mass is 16.2. The average molecular weight is 237 g/mol. The largest absolute Gasteiger partial charge is 0.311 e. The fourth-order valence-electron chi connectivity index (χ4n) is 3.48. The molecule has 0 aliphatic carbocycles. The van der Waals surface area contributed by atoms with Crippen LogP contribution in [0, 0.1) is 0 Å². The van der Waals surface area contributed by atoms with E-state index < -0.39 is 0 Å². The second kappa shape index (κ2) is 4.07. The van der Waals surface area contributed by atoms with Gasteiger partial charge in [-0.2, -0.15) is 0 Å². The highest BCUT2D eigenvalue weighted by molar-refractivity contribution is 6.05. The average Bonchev–Trinajstić information content (AvgIpc) is 2.80. The van der Waals surface area contributed by atoms with Crippen LogP contribution in [0.1, 0.15) is 32.1 Å². The molecular weight excluding hydrogens is 218 g/mol. The Hall–Kier alpha value is -0.940. The zero-order valence-electron chi connectivity index (χ0n) is 10.1. The van der Waals surface area contributed by atoms with Crippen LogP contribution in [-0.2, 0) is 9.59 Å². The molecule has 3 aliphatic heterocycles. The topological polar surface area (TPSA) is 61.4 Å². The van der Waals surface area contributed by atoms with E-state index >= 15 is 0 Å². The summed E-state index contributed by atoms with van der Waals surface area (Å²) in [5.74, 6) is -0.257. The summed E-state index contributed by atoms with van der Waals surface area (Å²) in [6.07, 6.45) is 5.04. The van der Waals surface area contributed by atoms with Crippen LogP contribution in [0.4, 0.5) is 0 Å². The molecule has 2 bridgehead atoms. The summed E-state index contributed by atoms with van der Waals surface area (Å²) < 4.78 is 0. The number of hydrogen-bond donors (Lipinski definition) is 2. The van der Waals surface area contributed by atoms with Crippen LogP contribution in [0.25, 0.3) is 0 Å². The van der Waals surface area contributed by atoms with Gasteiger partial charge >= 0.3 is 0 Å². The van der Waals surface area contributed by atoms with Crippen molar-refractivity contribution in [1.82, 2.24) is 15.5 Å². The summed E-state index contributed by atoms with van der Waals surface area (Å²) in [5.41, 5.74) is 0. The molecule has 3 heterocycles. The van der Waals surface area contributed by atoms with Crippen LogP contribution in [0.3, 0.4) is 0 Å². The predicted octanol–water partition coefficient (Wildman–Crippen LogP) is -0.384. The molecule has 5 heteroatoms. The Labute approximate surface area is 101 Å². The molecular formula is C12H19N3O2. The number of imide groups is 1. The molecule has 3 aliphatic rings. The standard InChI is InChI=1S/C12H19N3O2/c1-15(10-6-11(16)14-12(10)17)9-4-7-2-3-8(5-9)13-7/h7-10,13H,2-6H2,1H3,(H,14,16,17). The van der Waals surface area contributed by atoms with Gasteiger partial charge in [-0.3, -0.25) is 19.8 Å². The van der Waals surface area contributed by atoms with Crippen molar-refractivity contribution >= 4 is 11.8 Å². The van der Waals surface area contributed by atoms with Crippen molar-refractivity contribution in [3.63, 3.8) is 0 Å². The van der Waals surface area contributed by atoms with Gasteiger partial charge in [0.05, 0.1) is 12.5 Å². The molecule has 5 nitrogen and oxygen atoms in total. The van der Waals surface area contributed by atoms with Gasteiger partial charge in [0.15, 0.2) is 0 Å². The number of amides is 2. The first-order valence-electron chi connectivity index (χ1n) is 6.45. The van der Waals surface area contributed by atoms with Crippen LogP contribution >= 0.6 is 0 Å². The second-order valence-corrected chi connectivity index (χ2v) is 5.56. The Morgan fingerprint density at radius 1 is 1.18 bits per heavy atom. The first kappa shape index (κ1) is 11.2. The van der Waals surface area contributed by atoms with Gasteiger partial charge in [0.25, 0.3) is 0 Å². The lowest BCUT2D eigenvalue weighted by Gasteiger charge is -2.37. The molecule has 2 N–H and O–H groups in total. The molecule has 3 saturated heterocycles. The van der Waals surface area contributed by atoms with E-state index in [9.17, 15) is 9.59 Å². The third-order valence-electron chi connectivity index (χ3n) is 4.46. The molecule has 2 amide bonds. The Kier molecular flexibility index (Phi) is 2.67. The number of piperidine rings is 1. The molecule has 17 heavy (non-hydrogen) atoms. The van der Waals surface area contributed by atoms with Crippen molar-refractivity contribution in [1.29, 1.82) is 0 Å². The molecule has 3 unspecified atom stereocenters. The first-order valence-corrected chi connectivity index (χ1v) is 6.45. The van der Waals surface area contributed by atoms with Crippen LogP contribution < -0.4 is 10.6 Å². The van der Waals surface area contributed by atoms with Crippen LogP contribution in [0.2, 0.25) is 0 Å². The van der Waals surface area contributed by atoms with Crippen LogP contribution in [0.15, 0.2) is 0 Å². The fraction of sp³-hybridized carbons (Fsp3) is 0.833. The van der Waals surface area contributed by atoms with Crippen molar-refractivity contribution < 1.29 is 9.59 Å². The van der Waals surface area contributed by atoms with Gasteiger partial charge in [-0.05, 0) is 32.7 Å². The van der Waals surface area contributed by atoms with Gasteiger partial charge in [0, 0.05) is 18.1 Å². The predicted molar refractivity (Wildman–Crippen MR) is 62.3 cm³/mol. The normalized spacial score (nSPS) is 41.1. The van der Waals surface area contributed by atoms with Crippen molar-refractivity contribution in [3.05, 3.63) is 0 Å². The molecule has 0 aromatic rings. The summed E-state index contributed by atoms with van der Waals surface area (Å²) in [6.45, 7) is 0. The zero-order valence-corrected chi connectivity index (χ0v) is 10.1. The van der Waals surface area contributed by atoms with Crippen LogP contribution in [0.5, 0.6) is 0 Å². The van der Waals surface area contributed by atoms with E-state index in [4.69, 9.17) is 0 Å². The van der Waals surface area contributed by atoms with Gasteiger partial charge in [-0.1, -0.05) is 0 Å². The highest BCUT2D eigenvalue weighted by Crippen LogP contribution is 2.30. The Morgan fingerprint density at radius 2 is 1.82 bits per heavy atom. The molecule has 94 valence electrons. The summed E-state index contributed by atoms with van der Waals surface area (Å²) in [7, 11) is 1.98. The monoisotopic (exact) mass is 237 g/mol. The van der Waals surface area contributed by atoms with Gasteiger partial charge in [0.2, 0.25) is 11.8 Å². The highest BCUT2D eigenvalue weighted by Gasteiger charge is 2.41. The summed E-state index contributed by atoms with van der Waals surface area (Å²) in [4.78, 5) is 25.0. The third-order valence-corrected chi connectivity index (χ3v) is 4.46. The van der Waals surface area contributed by atoms with E-state index in [2.05, 4.69) is 15.5 Å². The van der Waals surface area contributed by atoms with Gasteiger partial charge in [0.1, 0.15) is 0 Å². The molecule has 0 saturated carbocycles. The van der Waals surface area contributed by atoms with Crippen molar-refractivity contribution in [3.8, 4) is 0 Å². The van der Waals surface area contributed by atoms with Gasteiger partial charge < -0.3 is 5.32 Å². The number of rotatable bonds is 2. The van der Waals surface area contributed by atoms with E-state index in [1.807, 2.05) is 7.05 Å². The van der Waals surface area contributed by atoms with Crippen molar-refractivity contribution in [2.45, 2.75) is 56.3 Å². The quantitative estimate of drug-likeness (QED) is 0.643. The Bertz CT molecular complexity index is 346. The summed E-state index contributed by atoms with van der Waals surface area (Å²) in [6, 6.07) is 1.42. The van der Waals surface area contributed by atoms with Crippen LogP contribution in [-0.4, -0.2) is 47.9 Å². The SMILES string of the molecule is CN(C1CC2CCC(C1)N2)C1CC(=O)NC1=O. The molecule has 0 spiro atoms. The van der Waals surface area contributed by atoms with Crippen molar-refractivity contribution in [2.75, 3.05) is 7.05 Å². The first-order chi connectivity index (χ1) is 8.13. The lowest BCUT2D eigenvalue weighted by Crippen LogP contribution is -2.51. The minimum atomic E-state index is -0.245. The maximum absolute atomic E-state index is 11.7. The third kappa shape index (κ3) is 1.98. The van der Waals surface area contributed by atoms with E-state index in [-0.39, 0.29) is 17.9 Å². The number of fused-ring (bicyclic) bond motifs is 2. The molecule has 3 rings (SSSR count). The summed E-state index contributed by atoms with van der Waals surface area (Å²) >= 11 is 0. The van der Waals surface area contributed by atoms with E-state index in [1.165, 1.54) is 12.8 Å². The lowest BCUT2D eigenvalue weighted by molar-refractivity contribution is -0.126. The number of carbonyl (C=O) groups is 2. The summed E-state index contributed by atoms with van der Waals surface area (Å²) in [5, 5.41) is 5.98. The molecule has 0 aromatic carbocycles. The molecule has 3 fully saturated rings. The minimum Gasteiger partial charge on any atom is -0.311 e. The van der Waals surface area contributed by atoms with Crippen molar-refractivity contribution in [2.24, 2.45) is 0 Å². The number of carbonyl (C=O) groups excluding carboxylic acids is 2. The molecule has 3 atom stereocenters. The minimum absolute atomic E-state index is 0.122. The fourth-order valence-corrected chi connectivity index (χ4v) is 3.48. The Morgan fingerprint density at radius 3 is 2.35 bits per heavy atom. The number of likely N-dealkylation sites (N-methyl/N-ethyl adjacent to an activating group) is 1. The zero-order chi connectivity index (χ0) is 12.0. The second-order valence-electron chi connectivity index (χ2n) is 5.56. The number of nitrogens with zero attached hydrogens (tertiary/aromatic N) is 1. The lowest BCUT2D eigenvalue weighted by atomic mass is 9.97. The van der Waals surface area contributed by atoms with E-state index in [0.717, 1.165) is 12.8 Å². The van der Waals surface area contributed by atoms with Gasteiger partial charge in [-0.25, -0.2) is 0 Å². The maximum atomic E-state index is 11.7. The molecule has 0 aromatic heterocycles. The van der Waals surface area contributed by atoms with E-state index in [1.54, 1.807) is 0 Å². The molecule has 0 radical (unpaired) electrons.